The fourth-order valence-electron chi connectivity index (χ4n) is 3.15. The molecule has 0 atom stereocenters. The lowest BCUT2D eigenvalue weighted by atomic mass is 9.91. The molecule has 8 heteroatoms. The van der Waals surface area contributed by atoms with Crippen LogP contribution in [0.4, 0.5) is 0 Å². The van der Waals surface area contributed by atoms with Crippen molar-refractivity contribution in [2.75, 3.05) is 0 Å². The first-order valence-corrected chi connectivity index (χ1v) is 7.34. The molecule has 8 nitrogen and oxygen atoms in total. The summed E-state index contributed by atoms with van der Waals surface area (Å²) >= 11 is 0. The van der Waals surface area contributed by atoms with Gasteiger partial charge >= 0.3 is 0 Å². The van der Waals surface area contributed by atoms with E-state index in [1.807, 2.05) is 48.5 Å². The van der Waals surface area contributed by atoms with Crippen LogP contribution in [0.1, 0.15) is 0 Å². The highest BCUT2D eigenvalue weighted by Crippen LogP contribution is 2.40. The van der Waals surface area contributed by atoms with Crippen molar-refractivity contribution in [2.24, 2.45) is 0 Å². The van der Waals surface area contributed by atoms with Crippen molar-refractivity contribution in [1.82, 2.24) is 41.2 Å². The van der Waals surface area contributed by atoms with Gasteiger partial charge in [-0.2, -0.15) is 10.4 Å². The molecule has 0 unspecified atom stereocenters. The van der Waals surface area contributed by atoms with Gasteiger partial charge in [-0.25, -0.2) is 0 Å². The number of hydrogen-bond acceptors (Lipinski definition) is 6. The van der Waals surface area contributed by atoms with Crippen molar-refractivity contribution in [3.05, 3.63) is 48.5 Å². The Labute approximate surface area is 134 Å². The van der Waals surface area contributed by atoms with Crippen LogP contribution < -0.4 is 0 Å². The van der Waals surface area contributed by atoms with E-state index in [0.717, 1.165) is 32.7 Å². The van der Waals surface area contributed by atoms with Crippen molar-refractivity contribution in [3.63, 3.8) is 0 Å². The maximum atomic E-state index is 4.18. The van der Waals surface area contributed by atoms with Gasteiger partial charge in [0.05, 0.1) is 0 Å². The van der Waals surface area contributed by atoms with E-state index in [4.69, 9.17) is 0 Å². The zero-order valence-electron chi connectivity index (χ0n) is 12.3. The second kappa shape index (κ2) is 4.92. The third kappa shape index (κ3) is 1.73. The summed E-state index contributed by atoms with van der Waals surface area (Å²) in [5.74, 6) is 1.11. The quantitative estimate of drug-likeness (QED) is 0.484. The van der Waals surface area contributed by atoms with Gasteiger partial charge < -0.3 is 0 Å². The molecular formula is C16H10N8. The van der Waals surface area contributed by atoms with E-state index in [9.17, 15) is 0 Å². The summed E-state index contributed by atoms with van der Waals surface area (Å²) in [6, 6.07) is 16.1. The van der Waals surface area contributed by atoms with Crippen molar-refractivity contribution in [1.29, 1.82) is 0 Å². The van der Waals surface area contributed by atoms with Crippen LogP contribution in [-0.2, 0) is 0 Å². The first-order valence-electron chi connectivity index (χ1n) is 7.34. The summed E-state index contributed by atoms with van der Waals surface area (Å²) in [6.07, 6.45) is 0. The summed E-state index contributed by atoms with van der Waals surface area (Å²) in [5, 5.41) is 33.3. The highest BCUT2D eigenvalue weighted by atomic mass is 15.5. The van der Waals surface area contributed by atoms with Crippen molar-refractivity contribution in [3.8, 4) is 22.8 Å². The van der Waals surface area contributed by atoms with Crippen LogP contribution in [0.15, 0.2) is 48.5 Å². The van der Waals surface area contributed by atoms with Crippen molar-refractivity contribution in [2.45, 2.75) is 0 Å². The number of tetrazole rings is 2. The third-order valence-electron chi connectivity index (χ3n) is 4.07. The Balaban J connectivity index is 2.06. The van der Waals surface area contributed by atoms with Crippen LogP contribution in [0.3, 0.4) is 0 Å². The van der Waals surface area contributed by atoms with E-state index in [2.05, 4.69) is 41.2 Å². The van der Waals surface area contributed by atoms with Gasteiger partial charge in [-0.05, 0) is 32.0 Å². The van der Waals surface area contributed by atoms with Gasteiger partial charge in [-0.1, -0.05) is 48.5 Å². The van der Waals surface area contributed by atoms with Gasteiger partial charge in [0.2, 0.25) is 11.6 Å². The molecule has 3 aromatic carbocycles. The van der Waals surface area contributed by atoms with Gasteiger partial charge in [0.25, 0.3) is 0 Å². The number of H-pyrrole nitrogens is 2. The van der Waals surface area contributed by atoms with E-state index >= 15 is 0 Å². The van der Waals surface area contributed by atoms with Crippen molar-refractivity contribution >= 4 is 21.5 Å². The van der Waals surface area contributed by atoms with Crippen LogP contribution in [0, 0.1) is 0 Å². The fourth-order valence-corrected chi connectivity index (χ4v) is 3.15. The summed E-state index contributed by atoms with van der Waals surface area (Å²) in [4.78, 5) is 0. The van der Waals surface area contributed by atoms with Crippen LogP contribution >= 0.6 is 0 Å². The molecule has 24 heavy (non-hydrogen) atoms. The molecule has 5 aromatic rings. The minimum absolute atomic E-state index is 0.557. The van der Waals surface area contributed by atoms with E-state index in [1.165, 1.54) is 0 Å². The standard InChI is InChI=1S/C16H10N8/c1-2-6-10-9(5-1)13(15-17-21-22-18-15)11-7-3-4-8-12(11)14(10)16-19-23-24-20-16/h1-8H,(H,17,18,21,22)(H,19,20,23,24). The maximum Gasteiger partial charge on any atom is 0.205 e. The monoisotopic (exact) mass is 314 g/mol. The summed E-state index contributed by atoms with van der Waals surface area (Å²) < 4.78 is 0. The first-order chi connectivity index (χ1) is 11.9. The second-order valence-corrected chi connectivity index (χ2v) is 5.31. The highest BCUT2D eigenvalue weighted by Gasteiger charge is 2.19. The lowest BCUT2D eigenvalue weighted by Gasteiger charge is -2.12. The fraction of sp³-hybridized carbons (Fsp3) is 0. The molecule has 5 rings (SSSR count). The van der Waals surface area contributed by atoms with E-state index in [1.54, 1.807) is 0 Å². The lowest BCUT2D eigenvalue weighted by molar-refractivity contribution is 0.881. The number of nitrogens with one attached hydrogen (secondary N) is 2. The topological polar surface area (TPSA) is 109 Å². The van der Waals surface area contributed by atoms with Crippen LogP contribution in [0.25, 0.3) is 44.3 Å². The molecule has 0 bridgehead atoms. The number of rotatable bonds is 2. The first kappa shape index (κ1) is 12.8. The number of nitrogens with zero attached hydrogens (tertiary/aromatic N) is 6. The Morgan fingerprint density at radius 3 is 1.21 bits per heavy atom. The average molecular weight is 314 g/mol. The van der Waals surface area contributed by atoms with Crippen LogP contribution in [0.5, 0.6) is 0 Å². The average Bonchev–Trinajstić information content (AvgIpc) is 3.33. The molecule has 0 aliphatic carbocycles. The van der Waals surface area contributed by atoms with Gasteiger partial charge in [0, 0.05) is 11.1 Å². The molecule has 0 amide bonds. The normalized spacial score (nSPS) is 11.3. The van der Waals surface area contributed by atoms with Crippen molar-refractivity contribution < 1.29 is 0 Å². The van der Waals surface area contributed by atoms with Gasteiger partial charge in [-0.3, -0.25) is 0 Å². The van der Waals surface area contributed by atoms with Gasteiger partial charge in [-0.15, -0.1) is 20.4 Å². The SMILES string of the molecule is c1ccc2c(-c3nn[nH]n3)c3ccccc3c(-c3nn[nH]n3)c2c1. The Morgan fingerprint density at radius 1 is 0.542 bits per heavy atom. The summed E-state index contributed by atoms with van der Waals surface area (Å²) in [6.45, 7) is 0. The molecule has 0 aliphatic rings. The Hall–Kier alpha value is -3.68. The Kier molecular flexibility index (Phi) is 2.63. The molecule has 2 aromatic heterocycles. The van der Waals surface area contributed by atoms with Gasteiger partial charge in [0.1, 0.15) is 0 Å². The Morgan fingerprint density at radius 2 is 0.917 bits per heavy atom. The predicted molar refractivity (Wildman–Crippen MR) is 87.8 cm³/mol. The molecule has 0 fully saturated rings. The zero-order chi connectivity index (χ0) is 15.9. The van der Waals surface area contributed by atoms with Crippen LogP contribution in [-0.4, -0.2) is 41.2 Å². The molecule has 0 spiro atoms. The second-order valence-electron chi connectivity index (χ2n) is 5.31. The van der Waals surface area contributed by atoms with E-state index < -0.39 is 0 Å². The van der Waals surface area contributed by atoms with Crippen LogP contribution in [0.2, 0.25) is 0 Å². The molecule has 0 saturated carbocycles. The molecule has 0 saturated heterocycles. The smallest absolute Gasteiger partial charge is 0.177 e. The number of hydrogen-bond donors (Lipinski definition) is 2. The molecule has 114 valence electrons. The lowest BCUT2D eigenvalue weighted by Crippen LogP contribution is -1.93. The molecule has 2 N–H and O–H groups in total. The van der Waals surface area contributed by atoms with E-state index in [0.29, 0.717) is 11.6 Å². The zero-order valence-corrected chi connectivity index (χ0v) is 12.3. The number of aromatic nitrogens is 8. The number of benzene rings is 3. The number of fused-ring (bicyclic) bond motifs is 2. The Bertz CT molecular complexity index is 997. The molecule has 2 heterocycles. The maximum absolute atomic E-state index is 4.18. The predicted octanol–water partition coefficient (Wildman–Crippen LogP) is 2.35. The van der Waals surface area contributed by atoms with Gasteiger partial charge in [0.15, 0.2) is 0 Å². The molecule has 0 aliphatic heterocycles. The highest BCUT2D eigenvalue weighted by molar-refractivity contribution is 6.19. The summed E-state index contributed by atoms with van der Waals surface area (Å²) in [7, 11) is 0. The molecule has 0 radical (unpaired) electrons. The summed E-state index contributed by atoms with van der Waals surface area (Å²) in [5.41, 5.74) is 1.87. The third-order valence-corrected chi connectivity index (χ3v) is 4.07. The van der Waals surface area contributed by atoms with E-state index in [-0.39, 0.29) is 0 Å². The minimum Gasteiger partial charge on any atom is -0.177 e. The number of aromatic amines is 2. The largest absolute Gasteiger partial charge is 0.205 e. The molecular weight excluding hydrogens is 304 g/mol. The minimum atomic E-state index is 0.557.